The van der Waals surface area contributed by atoms with E-state index in [0.717, 1.165) is 11.4 Å². The summed E-state index contributed by atoms with van der Waals surface area (Å²) in [5.41, 5.74) is 0.434. The van der Waals surface area contributed by atoms with E-state index in [0.29, 0.717) is 10.6 Å². The maximum Gasteiger partial charge on any atom is 0.262 e. The summed E-state index contributed by atoms with van der Waals surface area (Å²) in [6.07, 6.45) is 6.19. The van der Waals surface area contributed by atoms with E-state index in [4.69, 9.17) is 16.3 Å². The van der Waals surface area contributed by atoms with Gasteiger partial charge in [-0.2, -0.15) is 10.1 Å². The van der Waals surface area contributed by atoms with E-state index < -0.39 is 18.3 Å². The van der Waals surface area contributed by atoms with Gasteiger partial charge in [-0.3, -0.25) is 14.4 Å². The first-order valence-corrected chi connectivity index (χ1v) is 10.9. The number of fused-ring (bicyclic) bond motifs is 5. The lowest BCUT2D eigenvalue weighted by Gasteiger charge is -2.13. The molecule has 0 spiro atoms. The molecule has 3 amide bonds. The number of hydrazone groups is 1. The number of ether oxygens (including phenoxy) is 1. The summed E-state index contributed by atoms with van der Waals surface area (Å²) in [7, 11) is 0. The molecule has 4 atom stereocenters. The molecule has 168 valence electrons. The number of allylic oxidation sites excluding steroid dienone is 2. The predicted molar refractivity (Wildman–Crippen MR) is 119 cm³/mol. The van der Waals surface area contributed by atoms with Gasteiger partial charge in [0.15, 0.2) is 6.61 Å². The first-order chi connectivity index (χ1) is 15.9. The molecule has 33 heavy (non-hydrogen) atoms. The highest BCUT2D eigenvalue weighted by Gasteiger charge is 2.59. The van der Waals surface area contributed by atoms with E-state index in [2.05, 4.69) is 10.4 Å². The highest BCUT2D eigenvalue weighted by atomic mass is 35.5. The highest BCUT2D eigenvalue weighted by Crippen LogP contribution is 2.52. The summed E-state index contributed by atoms with van der Waals surface area (Å²) in [6, 6.07) is 10.5. The third-order valence-electron chi connectivity index (χ3n) is 6.24. The fraction of sp³-hybridized carbons (Fsp3) is 0.250. The number of nitrogens with one attached hydrogen (secondary N) is 1. The second-order valence-electron chi connectivity index (χ2n) is 8.23. The number of amides is 3. The van der Waals surface area contributed by atoms with Crippen LogP contribution < -0.4 is 10.1 Å². The Morgan fingerprint density at radius 3 is 2.55 bits per heavy atom. The molecule has 9 heteroatoms. The minimum Gasteiger partial charge on any atom is -0.483 e. The predicted octanol–water partition coefficient (Wildman–Crippen LogP) is 3.64. The van der Waals surface area contributed by atoms with Crippen LogP contribution in [0.4, 0.5) is 10.1 Å². The summed E-state index contributed by atoms with van der Waals surface area (Å²) >= 11 is 6.09. The van der Waals surface area contributed by atoms with E-state index in [9.17, 15) is 18.8 Å². The minimum absolute atomic E-state index is 0.0454. The largest absolute Gasteiger partial charge is 0.483 e. The Morgan fingerprint density at radius 1 is 1.15 bits per heavy atom. The molecule has 1 saturated heterocycles. The molecule has 2 aromatic carbocycles. The van der Waals surface area contributed by atoms with E-state index >= 15 is 0 Å². The van der Waals surface area contributed by atoms with Crippen LogP contribution in [0.3, 0.4) is 0 Å². The molecular formula is C24H19ClFN3O4. The van der Waals surface area contributed by atoms with Crippen LogP contribution in [0.25, 0.3) is 0 Å². The van der Waals surface area contributed by atoms with Crippen molar-refractivity contribution in [3.8, 4) is 5.75 Å². The smallest absolute Gasteiger partial charge is 0.262 e. The number of imide groups is 1. The normalized spacial score (nSPS) is 25.2. The molecule has 1 heterocycles. The molecule has 1 N–H and O–H groups in total. The standard InChI is InChI=1S/C24H19ClFN3O4/c25-16-7-8-19(33-12-20(30)28-18-4-2-1-3-17(18)26)15(10-16)11-27-29-23(31)21-13-5-6-14(9-13)22(21)24(29)32/h1-8,10-11,13-14,21-22H,9,12H2,(H,28,30). The Labute approximate surface area is 193 Å². The molecule has 2 aliphatic carbocycles. The lowest BCUT2D eigenvalue weighted by Crippen LogP contribution is -2.28. The van der Waals surface area contributed by atoms with Gasteiger partial charge in [0.05, 0.1) is 23.7 Å². The van der Waals surface area contributed by atoms with Gasteiger partial charge in [-0.25, -0.2) is 4.39 Å². The van der Waals surface area contributed by atoms with Crippen LogP contribution in [0, 0.1) is 29.5 Å². The molecule has 1 aliphatic heterocycles. The van der Waals surface area contributed by atoms with Crippen LogP contribution in [0.1, 0.15) is 12.0 Å². The zero-order chi connectivity index (χ0) is 23.1. The van der Waals surface area contributed by atoms with Gasteiger partial charge in [0, 0.05) is 10.6 Å². The molecule has 1 saturated carbocycles. The Hall–Kier alpha value is -3.52. The fourth-order valence-electron chi connectivity index (χ4n) is 4.76. The number of nitrogens with zero attached hydrogens (tertiary/aromatic N) is 2. The molecule has 4 unspecified atom stereocenters. The van der Waals surface area contributed by atoms with Gasteiger partial charge in [0.1, 0.15) is 11.6 Å². The Morgan fingerprint density at radius 2 is 1.85 bits per heavy atom. The van der Waals surface area contributed by atoms with Crippen LogP contribution in [0.15, 0.2) is 59.7 Å². The van der Waals surface area contributed by atoms with Crippen molar-refractivity contribution in [2.45, 2.75) is 6.42 Å². The topological polar surface area (TPSA) is 88.1 Å². The number of benzene rings is 2. The molecule has 5 rings (SSSR count). The summed E-state index contributed by atoms with van der Waals surface area (Å²) < 4.78 is 19.3. The van der Waals surface area contributed by atoms with Gasteiger partial charge in [0.25, 0.3) is 17.7 Å². The van der Waals surface area contributed by atoms with Gasteiger partial charge >= 0.3 is 0 Å². The van der Waals surface area contributed by atoms with Gasteiger partial charge in [-0.1, -0.05) is 35.9 Å². The lowest BCUT2D eigenvalue weighted by molar-refractivity contribution is -0.140. The van der Waals surface area contributed by atoms with Crippen molar-refractivity contribution in [2.24, 2.45) is 28.8 Å². The maximum atomic E-state index is 13.7. The molecule has 0 aromatic heterocycles. The van der Waals surface area contributed by atoms with Crippen LogP contribution in [0.5, 0.6) is 5.75 Å². The zero-order valence-corrected chi connectivity index (χ0v) is 18.0. The molecule has 7 nitrogen and oxygen atoms in total. The van der Waals surface area contributed by atoms with E-state index in [1.165, 1.54) is 24.4 Å². The maximum absolute atomic E-state index is 13.7. The summed E-state index contributed by atoms with van der Waals surface area (Å²) in [5.74, 6) is -1.95. The van der Waals surface area contributed by atoms with E-state index in [1.807, 2.05) is 12.2 Å². The van der Waals surface area contributed by atoms with Crippen molar-refractivity contribution in [1.29, 1.82) is 0 Å². The van der Waals surface area contributed by atoms with Crippen molar-refractivity contribution < 1.29 is 23.5 Å². The fourth-order valence-corrected chi connectivity index (χ4v) is 4.94. The number of para-hydroxylation sites is 1. The number of carbonyl (C=O) groups excluding carboxylic acids is 3. The Balaban J connectivity index is 1.29. The van der Waals surface area contributed by atoms with Crippen LogP contribution in [-0.4, -0.2) is 35.6 Å². The molecular weight excluding hydrogens is 449 g/mol. The average Bonchev–Trinajstić information content (AvgIpc) is 3.47. The van der Waals surface area contributed by atoms with E-state index in [1.54, 1.807) is 24.3 Å². The summed E-state index contributed by atoms with van der Waals surface area (Å²) in [5, 5.41) is 7.88. The molecule has 2 fully saturated rings. The number of hydrogen-bond donors (Lipinski definition) is 1. The Kier molecular flexibility index (Phi) is 5.46. The van der Waals surface area contributed by atoms with Crippen molar-refractivity contribution >= 4 is 41.2 Å². The highest BCUT2D eigenvalue weighted by molar-refractivity contribution is 6.31. The van der Waals surface area contributed by atoms with E-state index in [-0.39, 0.29) is 46.9 Å². The molecule has 0 radical (unpaired) electrons. The number of carbonyl (C=O) groups is 3. The third kappa shape index (κ3) is 3.91. The van der Waals surface area contributed by atoms with Gasteiger partial charge in [0.2, 0.25) is 0 Å². The number of anilines is 1. The minimum atomic E-state index is -0.557. The van der Waals surface area contributed by atoms with Crippen LogP contribution >= 0.6 is 11.6 Å². The molecule has 3 aliphatic rings. The second-order valence-corrected chi connectivity index (χ2v) is 8.67. The Bertz CT molecular complexity index is 1180. The monoisotopic (exact) mass is 467 g/mol. The summed E-state index contributed by atoms with van der Waals surface area (Å²) in [4.78, 5) is 37.8. The number of hydrogen-bond acceptors (Lipinski definition) is 5. The molecule has 2 aromatic rings. The average molecular weight is 468 g/mol. The number of halogens is 2. The number of rotatable bonds is 6. The zero-order valence-electron chi connectivity index (χ0n) is 17.3. The second kappa shape index (κ2) is 8.44. The molecule has 2 bridgehead atoms. The van der Waals surface area contributed by atoms with Crippen molar-refractivity contribution in [3.63, 3.8) is 0 Å². The van der Waals surface area contributed by atoms with Crippen molar-refractivity contribution in [3.05, 3.63) is 71.0 Å². The van der Waals surface area contributed by atoms with Gasteiger partial charge in [-0.15, -0.1) is 0 Å². The first-order valence-electron chi connectivity index (χ1n) is 10.5. The van der Waals surface area contributed by atoms with Gasteiger partial charge in [-0.05, 0) is 48.6 Å². The quantitative estimate of drug-likeness (QED) is 0.399. The van der Waals surface area contributed by atoms with Crippen LogP contribution in [0.2, 0.25) is 5.02 Å². The van der Waals surface area contributed by atoms with Crippen LogP contribution in [-0.2, 0) is 14.4 Å². The van der Waals surface area contributed by atoms with Crippen molar-refractivity contribution in [2.75, 3.05) is 11.9 Å². The lowest BCUT2D eigenvalue weighted by atomic mass is 9.85. The third-order valence-corrected chi connectivity index (χ3v) is 6.47. The van der Waals surface area contributed by atoms with Crippen molar-refractivity contribution in [1.82, 2.24) is 5.01 Å². The van der Waals surface area contributed by atoms with Gasteiger partial charge < -0.3 is 10.1 Å². The SMILES string of the molecule is O=C(COc1ccc(Cl)cc1C=NN1C(=O)C2C3C=CC(C3)C2C1=O)Nc1ccccc1F. The summed E-state index contributed by atoms with van der Waals surface area (Å²) in [6.45, 7) is -0.391. The first kappa shape index (κ1) is 21.3.